The number of fused-ring (bicyclic) bond motifs is 1. The van der Waals surface area contributed by atoms with E-state index in [0.717, 1.165) is 31.0 Å². The van der Waals surface area contributed by atoms with E-state index in [9.17, 15) is 0 Å². The highest BCUT2D eigenvalue weighted by Crippen LogP contribution is 2.33. The first kappa shape index (κ1) is 15.2. The number of hydrogen-bond donors (Lipinski definition) is 0. The fourth-order valence-electron chi connectivity index (χ4n) is 2.06. The molecule has 0 unspecified atom stereocenters. The number of hydrogen-bond acceptors (Lipinski definition) is 2. The Labute approximate surface area is 148 Å². The van der Waals surface area contributed by atoms with Crippen LogP contribution < -0.4 is 0 Å². The average Bonchev–Trinajstić information content (AvgIpc) is 2.45. The zero-order valence-corrected chi connectivity index (χ0v) is 15.5. The quantitative estimate of drug-likeness (QED) is 0.402. The SMILES string of the molecule is Cc1c(Br)ccc2c(Cl)nc(-c3cc(Br)ccc3Cl)nc12. The fourth-order valence-corrected chi connectivity index (χ4v) is 3.18. The lowest BCUT2D eigenvalue weighted by Gasteiger charge is -2.09. The van der Waals surface area contributed by atoms with Gasteiger partial charge in [-0.15, -0.1) is 0 Å². The molecule has 0 fully saturated rings. The molecule has 0 saturated carbocycles. The third-order valence-electron chi connectivity index (χ3n) is 3.18. The highest BCUT2D eigenvalue weighted by Gasteiger charge is 2.13. The predicted octanol–water partition coefficient (Wildman–Crippen LogP) is 6.44. The van der Waals surface area contributed by atoms with Gasteiger partial charge in [-0.3, -0.25) is 0 Å². The molecule has 0 radical (unpaired) electrons. The standard InChI is InChI=1S/C15H8Br2Cl2N2/c1-7-11(17)4-3-9-13(7)20-15(21-14(9)19)10-6-8(16)2-5-12(10)18/h2-6H,1H3. The molecule has 1 aromatic heterocycles. The molecule has 3 aromatic rings. The Morgan fingerprint density at radius 1 is 1.00 bits per heavy atom. The van der Waals surface area contributed by atoms with Crippen molar-refractivity contribution in [1.82, 2.24) is 9.97 Å². The molecule has 0 N–H and O–H groups in total. The van der Waals surface area contributed by atoms with E-state index in [1.807, 2.05) is 31.2 Å². The molecule has 3 rings (SSSR count). The second-order valence-electron chi connectivity index (χ2n) is 4.53. The third-order valence-corrected chi connectivity index (χ3v) is 5.15. The summed E-state index contributed by atoms with van der Waals surface area (Å²) < 4.78 is 1.89. The Bertz CT molecular complexity index is 866. The number of nitrogens with zero attached hydrogens (tertiary/aromatic N) is 2. The smallest absolute Gasteiger partial charge is 0.163 e. The van der Waals surface area contributed by atoms with Crippen molar-refractivity contribution in [1.29, 1.82) is 0 Å². The molecule has 106 valence electrons. The molecule has 0 saturated heterocycles. The predicted molar refractivity (Wildman–Crippen MR) is 95.1 cm³/mol. The molecule has 0 aliphatic rings. The molecule has 0 aliphatic carbocycles. The summed E-state index contributed by atoms with van der Waals surface area (Å²) in [6.07, 6.45) is 0. The third kappa shape index (κ3) is 2.82. The van der Waals surface area contributed by atoms with E-state index >= 15 is 0 Å². The number of benzene rings is 2. The van der Waals surface area contributed by atoms with Crippen LogP contribution in [0.5, 0.6) is 0 Å². The Morgan fingerprint density at radius 3 is 2.52 bits per heavy atom. The van der Waals surface area contributed by atoms with Gasteiger partial charge < -0.3 is 0 Å². The van der Waals surface area contributed by atoms with Crippen LogP contribution in [0.4, 0.5) is 0 Å². The number of halogens is 4. The van der Waals surface area contributed by atoms with Gasteiger partial charge in [0.1, 0.15) is 5.15 Å². The van der Waals surface area contributed by atoms with E-state index in [1.54, 1.807) is 6.07 Å². The molecule has 0 spiro atoms. The van der Waals surface area contributed by atoms with Gasteiger partial charge in [-0.1, -0.05) is 55.1 Å². The summed E-state index contributed by atoms with van der Waals surface area (Å²) in [6, 6.07) is 9.40. The molecule has 0 atom stereocenters. The van der Waals surface area contributed by atoms with Crippen LogP contribution in [-0.2, 0) is 0 Å². The Hall–Kier alpha value is -0.680. The zero-order chi connectivity index (χ0) is 15.1. The first-order valence-corrected chi connectivity index (χ1v) is 8.39. The summed E-state index contributed by atoms with van der Waals surface area (Å²) >= 11 is 19.5. The van der Waals surface area contributed by atoms with Crippen molar-refractivity contribution in [3.63, 3.8) is 0 Å². The minimum absolute atomic E-state index is 0.418. The fraction of sp³-hybridized carbons (Fsp3) is 0.0667. The summed E-state index contributed by atoms with van der Waals surface area (Å²) in [4.78, 5) is 9.02. The van der Waals surface area contributed by atoms with Crippen molar-refractivity contribution < 1.29 is 0 Å². The highest BCUT2D eigenvalue weighted by atomic mass is 79.9. The van der Waals surface area contributed by atoms with Crippen LogP contribution in [0, 0.1) is 6.92 Å². The Morgan fingerprint density at radius 2 is 1.76 bits per heavy atom. The first-order chi connectivity index (χ1) is 9.97. The van der Waals surface area contributed by atoms with Gasteiger partial charge in [0.25, 0.3) is 0 Å². The highest BCUT2D eigenvalue weighted by molar-refractivity contribution is 9.10. The number of aromatic nitrogens is 2. The zero-order valence-electron chi connectivity index (χ0n) is 10.8. The van der Waals surface area contributed by atoms with Crippen LogP contribution in [0.3, 0.4) is 0 Å². The second-order valence-corrected chi connectivity index (χ2v) is 7.07. The van der Waals surface area contributed by atoms with Crippen molar-refractivity contribution in [2.45, 2.75) is 6.92 Å². The van der Waals surface area contributed by atoms with Gasteiger partial charge in [0, 0.05) is 19.9 Å². The van der Waals surface area contributed by atoms with Crippen LogP contribution >= 0.6 is 55.1 Å². The van der Waals surface area contributed by atoms with Crippen LogP contribution in [-0.4, -0.2) is 9.97 Å². The Balaban J connectivity index is 2.34. The molecule has 0 amide bonds. The minimum atomic E-state index is 0.418. The van der Waals surface area contributed by atoms with Crippen LogP contribution in [0.2, 0.25) is 10.2 Å². The van der Waals surface area contributed by atoms with Crippen molar-refractivity contribution in [3.8, 4) is 11.4 Å². The normalized spacial score (nSPS) is 11.1. The van der Waals surface area contributed by atoms with Crippen molar-refractivity contribution >= 4 is 66.0 Å². The maximum atomic E-state index is 6.31. The molecule has 0 aliphatic heterocycles. The topological polar surface area (TPSA) is 25.8 Å². The number of rotatable bonds is 1. The lowest BCUT2D eigenvalue weighted by molar-refractivity contribution is 1.21. The Kier molecular flexibility index (Phi) is 4.23. The molecular weight excluding hydrogens is 439 g/mol. The summed E-state index contributed by atoms with van der Waals surface area (Å²) in [7, 11) is 0. The summed E-state index contributed by atoms with van der Waals surface area (Å²) in [5.41, 5.74) is 2.58. The monoisotopic (exact) mass is 444 g/mol. The largest absolute Gasteiger partial charge is 0.228 e. The van der Waals surface area contributed by atoms with Gasteiger partial charge in [-0.25, -0.2) is 9.97 Å². The van der Waals surface area contributed by atoms with E-state index in [1.165, 1.54) is 0 Å². The van der Waals surface area contributed by atoms with Crippen LogP contribution in [0.15, 0.2) is 39.3 Å². The lowest BCUT2D eigenvalue weighted by atomic mass is 10.1. The van der Waals surface area contributed by atoms with E-state index in [2.05, 4.69) is 41.8 Å². The lowest BCUT2D eigenvalue weighted by Crippen LogP contribution is -1.95. The molecule has 0 bridgehead atoms. The molecule has 21 heavy (non-hydrogen) atoms. The maximum absolute atomic E-state index is 6.31. The van der Waals surface area contributed by atoms with E-state index in [4.69, 9.17) is 23.2 Å². The van der Waals surface area contributed by atoms with Gasteiger partial charge in [0.15, 0.2) is 5.82 Å². The van der Waals surface area contributed by atoms with Crippen molar-refractivity contribution in [2.75, 3.05) is 0 Å². The maximum Gasteiger partial charge on any atom is 0.163 e. The molecule has 2 nitrogen and oxygen atoms in total. The van der Waals surface area contributed by atoms with E-state index in [-0.39, 0.29) is 0 Å². The molecule has 6 heteroatoms. The van der Waals surface area contributed by atoms with Gasteiger partial charge in [-0.2, -0.15) is 0 Å². The van der Waals surface area contributed by atoms with Crippen LogP contribution in [0.1, 0.15) is 5.56 Å². The molecule has 2 aromatic carbocycles. The number of aryl methyl sites for hydroxylation is 1. The first-order valence-electron chi connectivity index (χ1n) is 6.05. The van der Waals surface area contributed by atoms with Gasteiger partial charge in [0.2, 0.25) is 0 Å². The molecular formula is C15H8Br2Cl2N2. The summed E-state index contributed by atoms with van der Waals surface area (Å²) in [6.45, 7) is 1.99. The summed E-state index contributed by atoms with van der Waals surface area (Å²) in [5.74, 6) is 0.514. The average molecular weight is 447 g/mol. The van der Waals surface area contributed by atoms with E-state index < -0.39 is 0 Å². The van der Waals surface area contributed by atoms with Gasteiger partial charge in [-0.05, 0) is 42.8 Å². The second kappa shape index (κ2) is 5.84. The van der Waals surface area contributed by atoms with Crippen molar-refractivity contribution in [2.24, 2.45) is 0 Å². The van der Waals surface area contributed by atoms with Crippen molar-refractivity contribution in [3.05, 3.63) is 55.0 Å². The van der Waals surface area contributed by atoms with Crippen LogP contribution in [0.25, 0.3) is 22.3 Å². The summed E-state index contributed by atoms with van der Waals surface area (Å²) in [5, 5.41) is 1.83. The molecule has 1 heterocycles. The minimum Gasteiger partial charge on any atom is -0.228 e. The van der Waals surface area contributed by atoms with Gasteiger partial charge in [0.05, 0.1) is 10.5 Å². The van der Waals surface area contributed by atoms with E-state index in [0.29, 0.717) is 16.0 Å². The van der Waals surface area contributed by atoms with Gasteiger partial charge >= 0.3 is 0 Å².